The third kappa shape index (κ3) is 2.70. The van der Waals surface area contributed by atoms with Crippen molar-refractivity contribution in [3.8, 4) is 5.75 Å². The number of hydrogen-bond acceptors (Lipinski definition) is 3. The van der Waals surface area contributed by atoms with Gasteiger partial charge in [-0.25, -0.2) is 4.79 Å². The largest absolute Gasteiger partial charge is 0.497 e. The fourth-order valence-electron chi connectivity index (χ4n) is 1.91. The highest BCUT2D eigenvalue weighted by molar-refractivity contribution is 5.94. The van der Waals surface area contributed by atoms with Crippen LogP contribution in [0, 0.1) is 11.8 Å². The maximum absolute atomic E-state index is 11.1. The minimum atomic E-state index is -0.918. The fraction of sp³-hybridized carbons (Fsp3) is 0.462. The molecule has 17 heavy (non-hydrogen) atoms. The Morgan fingerprint density at radius 3 is 2.82 bits per heavy atom. The van der Waals surface area contributed by atoms with Gasteiger partial charge < -0.3 is 15.2 Å². The zero-order valence-electron chi connectivity index (χ0n) is 10.1. The van der Waals surface area contributed by atoms with Crippen LogP contribution in [0.4, 0.5) is 5.69 Å². The van der Waals surface area contributed by atoms with Crippen LogP contribution in [-0.2, 0) is 0 Å². The Morgan fingerprint density at radius 1 is 1.59 bits per heavy atom. The highest BCUT2D eigenvalue weighted by Crippen LogP contribution is 2.38. The Hall–Kier alpha value is -1.71. The van der Waals surface area contributed by atoms with Crippen LogP contribution in [0.2, 0.25) is 0 Å². The lowest BCUT2D eigenvalue weighted by atomic mass is 10.1. The van der Waals surface area contributed by atoms with Crippen molar-refractivity contribution in [3.05, 3.63) is 23.8 Å². The summed E-state index contributed by atoms with van der Waals surface area (Å²) in [6.07, 6.45) is 1.22. The monoisotopic (exact) mass is 235 g/mol. The van der Waals surface area contributed by atoms with Crippen LogP contribution in [0.15, 0.2) is 18.2 Å². The topological polar surface area (TPSA) is 58.6 Å². The van der Waals surface area contributed by atoms with Gasteiger partial charge in [0.15, 0.2) is 0 Å². The summed E-state index contributed by atoms with van der Waals surface area (Å²) in [5.74, 6) is 1.17. The second-order valence-electron chi connectivity index (χ2n) is 4.57. The first-order valence-electron chi connectivity index (χ1n) is 5.77. The second-order valence-corrected chi connectivity index (χ2v) is 4.57. The summed E-state index contributed by atoms with van der Waals surface area (Å²) in [6.45, 7) is 3.03. The van der Waals surface area contributed by atoms with Crippen LogP contribution < -0.4 is 10.1 Å². The van der Waals surface area contributed by atoms with Crippen molar-refractivity contribution in [2.45, 2.75) is 13.3 Å². The molecule has 1 saturated carbocycles. The highest BCUT2D eigenvalue weighted by atomic mass is 16.5. The van der Waals surface area contributed by atoms with E-state index in [2.05, 4.69) is 12.2 Å². The molecular formula is C13H17NO3. The lowest BCUT2D eigenvalue weighted by Crippen LogP contribution is -2.09. The molecule has 0 radical (unpaired) electrons. The molecule has 0 aromatic heterocycles. The molecule has 1 aliphatic carbocycles. The Morgan fingerprint density at radius 2 is 2.29 bits per heavy atom. The number of benzene rings is 1. The third-order valence-corrected chi connectivity index (χ3v) is 3.29. The fourth-order valence-corrected chi connectivity index (χ4v) is 1.91. The van der Waals surface area contributed by atoms with Gasteiger partial charge >= 0.3 is 5.97 Å². The van der Waals surface area contributed by atoms with Crippen molar-refractivity contribution in [2.75, 3.05) is 19.0 Å². The average molecular weight is 235 g/mol. The van der Waals surface area contributed by atoms with Crippen LogP contribution in [0.1, 0.15) is 23.7 Å². The smallest absolute Gasteiger partial charge is 0.337 e. The quantitative estimate of drug-likeness (QED) is 0.823. The molecule has 0 spiro atoms. The van der Waals surface area contributed by atoms with E-state index < -0.39 is 5.97 Å². The Labute approximate surface area is 101 Å². The van der Waals surface area contributed by atoms with Crippen molar-refractivity contribution < 1.29 is 14.6 Å². The van der Waals surface area contributed by atoms with Crippen LogP contribution in [0.3, 0.4) is 0 Å². The summed E-state index contributed by atoms with van der Waals surface area (Å²) >= 11 is 0. The van der Waals surface area contributed by atoms with E-state index in [1.54, 1.807) is 25.3 Å². The van der Waals surface area contributed by atoms with Gasteiger partial charge in [0.2, 0.25) is 0 Å². The van der Waals surface area contributed by atoms with Crippen molar-refractivity contribution in [3.63, 3.8) is 0 Å². The molecule has 0 heterocycles. The highest BCUT2D eigenvalue weighted by Gasteiger charge is 2.32. The molecule has 1 aromatic rings. The summed E-state index contributed by atoms with van der Waals surface area (Å²) in [5, 5.41) is 12.3. The van der Waals surface area contributed by atoms with E-state index in [0.29, 0.717) is 22.9 Å². The van der Waals surface area contributed by atoms with E-state index in [-0.39, 0.29) is 0 Å². The van der Waals surface area contributed by atoms with Crippen LogP contribution in [-0.4, -0.2) is 24.7 Å². The van der Waals surface area contributed by atoms with E-state index in [4.69, 9.17) is 9.84 Å². The molecule has 1 aliphatic rings. The van der Waals surface area contributed by atoms with Gasteiger partial charge in [-0.1, -0.05) is 6.92 Å². The number of ether oxygens (including phenoxy) is 1. The van der Waals surface area contributed by atoms with Crippen molar-refractivity contribution in [2.24, 2.45) is 11.8 Å². The van der Waals surface area contributed by atoms with Gasteiger partial charge in [0, 0.05) is 12.6 Å². The first-order chi connectivity index (χ1) is 8.11. The molecule has 92 valence electrons. The zero-order valence-corrected chi connectivity index (χ0v) is 10.1. The van der Waals surface area contributed by atoms with Gasteiger partial charge in [-0.15, -0.1) is 0 Å². The molecule has 1 aromatic carbocycles. The maximum Gasteiger partial charge on any atom is 0.337 e. The zero-order chi connectivity index (χ0) is 12.4. The standard InChI is InChI=1S/C13H17NO3/c1-8-5-9(8)7-14-12-6-10(17-2)3-4-11(12)13(15)16/h3-4,6,8-9,14H,5,7H2,1-2H3,(H,15,16). The van der Waals surface area contributed by atoms with E-state index in [1.165, 1.54) is 6.42 Å². The third-order valence-electron chi connectivity index (χ3n) is 3.29. The summed E-state index contributed by atoms with van der Waals surface area (Å²) < 4.78 is 5.10. The molecule has 0 amide bonds. The minimum absolute atomic E-state index is 0.291. The van der Waals surface area contributed by atoms with E-state index in [0.717, 1.165) is 12.5 Å². The van der Waals surface area contributed by atoms with Crippen molar-refractivity contribution in [1.82, 2.24) is 0 Å². The first kappa shape index (κ1) is 11.8. The second kappa shape index (κ2) is 4.65. The minimum Gasteiger partial charge on any atom is -0.497 e. The van der Waals surface area contributed by atoms with E-state index in [9.17, 15) is 4.79 Å². The summed E-state index contributed by atoms with van der Waals surface area (Å²) in [4.78, 5) is 11.1. The molecule has 2 unspecified atom stereocenters. The maximum atomic E-state index is 11.1. The molecular weight excluding hydrogens is 218 g/mol. The Balaban J connectivity index is 2.13. The number of nitrogens with one attached hydrogen (secondary N) is 1. The predicted octanol–water partition coefficient (Wildman–Crippen LogP) is 2.46. The lowest BCUT2D eigenvalue weighted by molar-refractivity contribution is 0.0698. The molecule has 4 heteroatoms. The van der Waals surface area contributed by atoms with Gasteiger partial charge in [-0.05, 0) is 30.4 Å². The number of carboxylic acid groups (broad SMARTS) is 1. The molecule has 1 fully saturated rings. The molecule has 2 N–H and O–H groups in total. The summed E-state index contributed by atoms with van der Waals surface area (Å²) in [5.41, 5.74) is 0.926. The van der Waals surface area contributed by atoms with Gasteiger partial charge in [0.1, 0.15) is 5.75 Å². The number of carbonyl (C=O) groups is 1. The number of rotatable bonds is 5. The summed E-state index contributed by atoms with van der Waals surface area (Å²) in [6, 6.07) is 4.96. The van der Waals surface area contributed by atoms with Gasteiger partial charge in [-0.3, -0.25) is 0 Å². The molecule has 0 bridgehead atoms. The lowest BCUT2D eigenvalue weighted by Gasteiger charge is -2.11. The van der Waals surface area contributed by atoms with Gasteiger partial charge in [-0.2, -0.15) is 0 Å². The predicted molar refractivity (Wildman–Crippen MR) is 65.7 cm³/mol. The first-order valence-corrected chi connectivity index (χ1v) is 5.77. The number of hydrogen-bond donors (Lipinski definition) is 2. The molecule has 0 saturated heterocycles. The number of aromatic carboxylic acids is 1. The molecule has 2 rings (SSSR count). The number of carboxylic acids is 1. The van der Waals surface area contributed by atoms with Crippen molar-refractivity contribution >= 4 is 11.7 Å². The molecule has 2 atom stereocenters. The SMILES string of the molecule is COc1ccc(C(=O)O)c(NCC2CC2C)c1. The number of anilines is 1. The van der Waals surface area contributed by atoms with E-state index in [1.807, 2.05) is 0 Å². The average Bonchev–Trinajstić information content (AvgIpc) is 3.02. The van der Waals surface area contributed by atoms with Gasteiger partial charge in [0.25, 0.3) is 0 Å². The molecule has 4 nitrogen and oxygen atoms in total. The Kier molecular flexibility index (Phi) is 3.22. The number of methoxy groups -OCH3 is 1. The van der Waals surface area contributed by atoms with Crippen LogP contribution in [0.5, 0.6) is 5.75 Å². The Bertz CT molecular complexity index is 431. The van der Waals surface area contributed by atoms with Crippen LogP contribution >= 0.6 is 0 Å². The normalized spacial score (nSPS) is 22.0. The van der Waals surface area contributed by atoms with Gasteiger partial charge in [0.05, 0.1) is 18.4 Å². The van der Waals surface area contributed by atoms with E-state index >= 15 is 0 Å². The van der Waals surface area contributed by atoms with Crippen LogP contribution in [0.25, 0.3) is 0 Å². The molecule has 0 aliphatic heterocycles. The van der Waals surface area contributed by atoms with Crippen molar-refractivity contribution in [1.29, 1.82) is 0 Å². The summed E-state index contributed by atoms with van der Waals surface area (Å²) in [7, 11) is 1.57.